The molecule has 2 aromatic carbocycles. The first-order chi connectivity index (χ1) is 9.95. The van der Waals surface area contributed by atoms with E-state index in [0.717, 1.165) is 11.1 Å². The van der Waals surface area contributed by atoms with Gasteiger partial charge in [-0.1, -0.05) is 18.2 Å². The summed E-state index contributed by atoms with van der Waals surface area (Å²) >= 11 is 0. The van der Waals surface area contributed by atoms with Crippen LogP contribution in [-0.2, 0) is 4.79 Å². The fourth-order valence-corrected chi connectivity index (χ4v) is 1.91. The molecular weight excluding hydrogens is 266 g/mol. The number of aromatic hydroxyl groups is 1. The van der Waals surface area contributed by atoms with Gasteiger partial charge in [0.05, 0.1) is 0 Å². The molecular formula is C17H19NO3. The number of nitrogens with one attached hydrogen (secondary N) is 1. The van der Waals surface area contributed by atoms with Crippen LogP contribution in [0, 0.1) is 13.8 Å². The molecule has 2 N–H and O–H groups in total. The number of carbonyl (C=O) groups excluding carboxylic acids is 1. The Kier molecular flexibility index (Phi) is 4.48. The van der Waals surface area contributed by atoms with Crippen molar-refractivity contribution in [2.24, 2.45) is 0 Å². The highest BCUT2D eigenvalue weighted by Crippen LogP contribution is 2.21. The smallest absolute Gasteiger partial charge is 0.265 e. The molecule has 110 valence electrons. The maximum absolute atomic E-state index is 12.1. The number of aryl methyl sites for hydroxylation is 2. The van der Waals surface area contributed by atoms with E-state index in [-0.39, 0.29) is 11.7 Å². The predicted molar refractivity (Wildman–Crippen MR) is 82.7 cm³/mol. The van der Waals surface area contributed by atoms with Crippen molar-refractivity contribution in [3.8, 4) is 11.5 Å². The van der Waals surface area contributed by atoms with E-state index in [2.05, 4.69) is 5.32 Å². The summed E-state index contributed by atoms with van der Waals surface area (Å²) in [6.45, 7) is 5.61. The van der Waals surface area contributed by atoms with E-state index in [0.29, 0.717) is 11.4 Å². The van der Waals surface area contributed by atoms with Gasteiger partial charge in [-0.25, -0.2) is 0 Å². The van der Waals surface area contributed by atoms with Crippen molar-refractivity contribution in [2.75, 3.05) is 5.32 Å². The number of ether oxygens (including phenoxy) is 1. The molecule has 0 aliphatic rings. The lowest BCUT2D eigenvalue weighted by atomic mass is 10.1. The Morgan fingerprint density at radius 3 is 2.67 bits per heavy atom. The van der Waals surface area contributed by atoms with Gasteiger partial charge in [0.1, 0.15) is 11.5 Å². The van der Waals surface area contributed by atoms with Crippen molar-refractivity contribution >= 4 is 11.6 Å². The molecule has 0 bridgehead atoms. The van der Waals surface area contributed by atoms with Gasteiger partial charge < -0.3 is 15.2 Å². The van der Waals surface area contributed by atoms with Gasteiger partial charge >= 0.3 is 0 Å². The maximum Gasteiger partial charge on any atom is 0.265 e. The average Bonchev–Trinajstić information content (AvgIpc) is 2.43. The van der Waals surface area contributed by atoms with Gasteiger partial charge in [0, 0.05) is 11.8 Å². The molecule has 2 rings (SSSR count). The Labute approximate surface area is 124 Å². The highest BCUT2D eigenvalue weighted by atomic mass is 16.5. The second kappa shape index (κ2) is 6.31. The average molecular weight is 285 g/mol. The standard InChI is InChI=1S/C17H19NO3/c1-11-7-8-12(2)16(9-11)21-13(3)17(20)18-14-5-4-6-15(19)10-14/h4-10,13,19H,1-3H3,(H,18,20)/t13-/m0/s1. The summed E-state index contributed by atoms with van der Waals surface area (Å²) in [5.74, 6) is 0.547. The SMILES string of the molecule is Cc1ccc(C)c(O[C@@H](C)C(=O)Nc2cccc(O)c2)c1. The fourth-order valence-electron chi connectivity index (χ4n) is 1.91. The number of hydrogen-bond acceptors (Lipinski definition) is 3. The number of amides is 1. The third kappa shape index (κ3) is 3.99. The van der Waals surface area contributed by atoms with Crippen molar-refractivity contribution in [2.45, 2.75) is 26.9 Å². The fraction of sp³-hybridized carbons (Fsp3) is 0.235. The first kappa shape index (κ1) is 14.9. The first-order valence-corrected chi connectivity index (χ1v) is 6.79. The molecule has 0 fully saturated rings. The zero-order chi connectivity index (χ0) is 15.4. The van der Waals surface area contributed by atoms with Crippen LogP contribution in [0.15, 0.2) is 42.5 Å². The summed E-state index contributed by atoms with van der Waals surface area (Å²) < 4.78 is 5.72. The van der Waals surface area contributed by atoms with Crippen molar-refractivity contribution in [3.05, 3.63) is 53.6 Å². The van der Waals surface area contributed by atoms with Crippen LogP contribution in [-0.4, -0.2) is 17.1 Å². The van der Waals surface area contributed by atoms with E-state index in [4.69, 9.17) is 4.74 Å². The molecule has 21 heavy (non-hydrogen) atoms. The summed E-state index contributed by atoms with van der Waals surface area (Å²) in [6.07, 6.45) is -0.632. The minimum Gasteiger partial charge on any atom is -0.508 e. The molecule has 0 saturated carbocycles. The summed E-state index contributed by atoms with van der Waals surface area (Å²) in [5, 5.41) is 12.1. The zero-order valence-electron chi connectivity index (χ0n) is 12.4. The van der Waals surface area contributed by atoms with Crippen LogP contribution in [0.3, 0.4) is 0 Å². The lowest BCUT2D eigenvalue weighted by molar-refractivity contribution is -0.122. The molecule has 2 aromatic rings. The van der Waals surface area contributed by atoms with Crippen molar-refractivity contribution < 1.29 is 14.6 Å². The van der Waals surface area contributed by atoms with E-state index in [1.807, 2.05) is 32.0 Å². The van der Waals surface area contributed by atoms with Gasteiger partial charge in [-0.2, -0.15) is 0 Å². The van der Waals surface area contributed by atoms with E-state index in [9.17, 15) is 9.90 Å². The summed E-state index contributed by atoms with van der Waals surface area (Å²) in [5.41, 5.74) is 2.60. The van der Waals surface area contributed by atoms with Gasteiger partial charge in [-0.05, 0) is 50.1 Å². The number of carbonyl (C=O) groups is 1. The lowest BCUT2D eigenvalue weighted by Crippen LogP contribution is -2.30. The summed E-state index contributed by atoms with van der Waals surface area (Å²) in [4.78, 5) is 12.1. The van der Waals surface area contributed by atoms with Gasteiger partial charge in [0.15, 0.2) is 6.10 Å². The quantitative estimate of drug-likeness (QED) is 0.905. The number of benzene rings is 2. The summed E-state index contributed by atoms with van der Waals surface area (Å²) in [7, 11) is 0. The van der Waals surface area contributed by atoms with Crippen LogP contribution >= 0.6 is 0 Å². The number of anilines is 1. The number of phenolic OH excluding ortho intramolecular Hbond substituents is 1. The van der Waals surface area contributed by atoms with Gasteiger partial charge in [-0.15, -0.1) is 0 Å². The second-order valence-electron chi connectivity index (χ2n) is 5.07. The molecule has 1 atom stereocenters. The van der Waals surface area contributed by atoms with Gasteiger partial charge in [-0.3, -0.25) is 4.79 Å². The molecule has 0 unspecified atom stereocenters. The third-order valence-electron chi connectivity index (χ3n) is 3.13. The van der Waals surface area contributed by atoms with Crippen molar-refractivity contribution in [1.82, 2.24) is 0 Å². The molecule has 4 nitrogen and oxygen atoms in total. The molecule has 0 heterocycles. The van der Waals surface area contributed by atoms with Crippen molar-refractivity contribution in [1.29, 1.82) is 0 Å². The highest BCUT2D eigenvalue weighted by molar-refractivity contribution is 5.94. The molecule has 1 amide bonds. The molecule has 0 radical (unpaired) electrons. The van der Waals surface area contributed by atoms with Gasteiger partial charge in [0.25, 0.3) is 5.91 Å². The van der Waals surface area contributed by atoms with Crippen LogP contribution in [0.2, 0.25) is 0 Å². The normalized spacial score (nSPS) is 11.8. The van der Waals surface area contributed by atoms with Crippen LogP contribution in [0.25, 0.3) is 0 Å². The van der Waals surface area contributed by atoms with Crippen LogP contribution < -0.4 is 10.1 Å². The van der Waals surface area contributed by atoms with E-state index in [1.54, 1.807) is 25.1 Å². The topological polar surface area (TPSA) is 58.6 Å². The largest absolute Gasteiger partial charge is 0.508 e. The van der Waals surface area contributed by atoms with Crippen LogP contribution in [0.1, 0.15) is 18.1 Å². The van der Waals surface area contributed by atoms with E-state index < -0.39 is 6.10 Å². The number of rotatable bonds is 4. The van der Waals surface area contributed by atoms with Crippen molar-refractivity contribution in [3.63, 3.8) is 0 Å². The Balaban J connectivity index is 2.04. The molecule has 0 aromatic heterocycles. The van der Waals surface area contributed by atoms with E-state index in [1.165, 1.54) is 6.07 Å². The Morgan fingerprint density at radius 2 is 1.95 bits per heavy atom. The Hall–Kier alpha value is -2.49. The minimum atomic E-state index is -0.632. The molecule has 0 aliphatic carbocycles. The third-order valence-corrected chi connectivity index (χ3v) is 3.13. The van der Waals surface area contributed by atoms with Crippen LogP contribution in [0.4, 0.5) is 5.69 Å². The maximum atomic E-state index is 12.1. The summed E-state index contributed by atoms with van der Waals surface area (Å²) in [6, 6.07) is 12.3. The Bertz CT molecular complexity index is 652. The minimum absolute atomic E-state index is 0.107. The van der Waals surface area contributed by atoms with E-state index >= 15 is 0 Å². The lowest BCUT2D eigenvalue weighted by Gasteiger charge is -2.16. The monoisotopic (exact) mass is 285 g/mol. The molecule has 4 heteroatoms. The zero-order valence-corrected chi connectivity index (χ0v) is 12.4. The second-order valence-corrected chi connectivity index (χ2v) is 5.07. The number of hydrogen-bond donors (Lipinski definition) is 2. The van der Waals surface area contributed by atoms with Crippen LogP contribution in [0.5, 0.6) is 11.5 Å². The molecule has 0 saturated heterocycles. The number of phenols is 1. The predicted octanol–water partition coefficient (Wildman–Crippen LogP) is 3.42. The van der Waals surface area contributed by atoms with Gasteiger partial charge in [0.2, 0.25) is 0 Å². The first-order valence-electron chi connectivity index (χ1n) is 6.79. The molecule has 0 spiro atoms. The highest BCUT2D eigenvalue weighted by Gasteiger charge is 2.16. The molecule has 0 aliphatic heterocycles. The Morgan fingerprint density at radius 1 is 1.19 bits per heavy atom.